The first-order valence-electron chi connectivity index (χ1n) is 5.66. The van der Waals surface area contributed by atoms with Crippen LogP contribution in [0.1, 0.15) is 22.6 Å². The van der Waals surface area contributed by atoms with E-state index in [1.54, 1.807) is 13.0 Å². The number of amides is 1. The number of nitro groups is 1. The molecule has 2 atom stereocenters. The third-order valence-electron chi connectivity index (χ3n) is 2.96. The molecule has 0 unspecified atom stereocenters. The number of rotatable bonds is 4. The van der Waals surface area contributed by atoms with E-state index in [-0.39, 0.29) is 17.8 Å². The van der Waals surface area contributed by atoms with E-state index >= 15 is 0 Å². The van der Waals surface area contributed by atoms with Crippen molar-refractivity contribution in [3.63, 3.8) is 0 Å². The van der Waals surface area contributed by atoms with Crippen LogP contribution in [-0.2, 0) is 9.53 Å². The molecule has 1 amide bonds. The van der Waals surface area contributed by atoms with Crippen LogP contribution in [0.5, 0.6) is 0 Å². The minimum atomic E-state index is -0.818. The number of carbonyl (C=O) groups is 2. The summed E-state index contributed by atoms with van der Waals surface area (Å²) in [5.74, 6) is -1.69. The van der Waals surface area contributed by atoms with Gasteiger partial charge in [-0.3, -0.25) is 14.9 Å². The predicted molar refractivity (Wildman–Crippen MR) is 64.4 cm³/mol. The monoisotopic (exact) mass is 267 g/mol. The molecule has 1 aromatic heterocycles. The van der Waals surface area contributed by atoms with Crippen LogP contribution in [0.25, 0.3) is 0 Å². The Bertz CT molecular complexity index is 551. The van der Waals surface area contributed by atoms with E-state index in [9.17, 15) is 19.7 Å². The van der Waals surface area contributed by atoms with E-state index in [1.165, 1.54) is 7.11 Å². The van der Waals surface area contributed by atoms with E-state index in [4.69, 9.17) is 0 Å². The number of anilines is 1. The number of aryl methyl sites for hydroxylation is 1. The molecule has 0 aromatic carbocycles. The number of methoxy groups -OCH3 is 1. The SMILES string of the molecule is COC(=O)c1[nH]c(C)cc1NC(=O)[C@@H]1C[C@H]1[N+](=O)[O-]. The predicted octanol–water partition coefficient (Wildman–Crippen LogP) is 0.713. The lowest BCUT2D eigenvalue weighted by Crippen LogP contribution is -2.19. The van der Waals surface area contributed by atoms with Crippen molar-refractivity contribution in [2.45, 2.75) is 19.4 Å². The Morgan fingerprint density at radius 2 is 2.26 bits per heavy atom. The highest BCUT2D eigenvalue weighted by Gasteiger charge is 2.53. The molecule has 1 heterocycles. The Morgan fingerprint density at radius 1 is 1.58 bits per heavy atom. The van der Waals surface area contributed by atoms with E-state index in [0.29, 0.717) is 5.69 Å². The maximum atomic E-state index is 11.8. The highest BCUT2D eigenvalue weighted by atomic mass is 16.6. The summed E-state index contributed by atoms with van der Waals surface area (Å²) in [5.41, 5.74) is 1.09. The molecule has 0 saturated heterocycles. The third-order valence-corrected chi connectivity index (χ3v) is 2.96. The molecule has 2 N–H and O–H groups in total. The second kappa shape index (κ2) is 4.71. The van der Waals surface area contributed by atoms with Gasteiger partial charge >= 0.3 is 5.97 Å². The summed E-state index contributed by atoms with van der Waals surface area (Å²) in [4.78, 5) is 36.1. The van der Waals surface area contributed by atoms with E-state index in [1.807, 2.05) is 0 Å². The van der Waals surface area contributed by atoms with Crippen molar-refractivity contribution in [3.8, 4) is 0 Å². The maximum absolute atomic E-state index is 11.8. The maximum Gasteiger partial charge on any atom is 0.356 e. The van der Waals surface area contributed by atoms with Gasteiger partial charge in [0.2, 0.25) is 11.9 Å². The van der Waals surface area contributed by atoms with Crippen molar-refractivity contribution in [2.75, 3.05) is 12.4 Å². The lowest BCUT2D eigenvalue weighted by atomic mass is 10.3. The molecule has 0 radical (unpaired) electrons. The van der Waals surface area contributed by atoms with Gasteiger partial charge in [0.1, 0.15) is 11.6 Å². The molecule has 8 heteroatoms. The fourth-order valence-corrected chi connectivity index (χ4v) is 1.87. The van der Waals surface area contributed by atoms with Crippen LogP contribution in [-0.4, -0.2) is 34.9 Å². The summed E-state index contributed by atoms with van der Waals surface area (Å²) in [7, 11) is 1.23. The van der Waals surface area contributed by atoms with Gasteiger partial charge in [-0.15, -0.1) is 0 Å². The van der Waals surface area contributed by atoms with Gasteiger partial charge in [0.05, 0.1) is 12.8 Å². The van der Waals surface area contributed by atoms with Gasteiger partial charge in [0, 0.05) is 17.0 Å². The number of aromatic amines is 1. The number of nitrogens with one attached hydrogen (secondary N) is 2. The normalized spacial score (nSPS) is 20.7. The van der Waals surface area contributed by atoms with Crippen molar-refractivity contribution in [2.24, 2.45) is 5.92 Å². The number of hydrogen-bond donors (Lipinski definition) is 2. The molecule has 1 aliphatic carbocycles. The number of aromatic nitrogens is 1. The third kappa shape index (κ3) is 2.56. The summed E-state index contributed by atoms with van der Waals surface area (Å²) < 4.78 is 4.58. The average Bonchev–Trinajstić information content (AvgIpc) is 3.08. The molecule has 8 nitrogen and oxygen atoms in total. The quantitative estimate of drug-likeness (QED) is 0.473. The molecule has 0 spiro atoms. The molecule has 1 aromatic rings. The van der Waals surface area contributed by atoms with Crippen LogP contribution in [0.15, 0.2) is 6.07 Å². The number of carbonyl (C=O) groups excluding carboxylic acids is 2. The summed E-state index contributed by atoms with van der Waals surface area (Å²) in [6.07, 6.45) is 0.232. The van der Waals surface area contributed by atoms with Crippen molar-refractivity contribution < 1.29 is 19.2 Å². The average molecular weight is 267 g/mol. The van der Waals surface area contributed by atoms with Gasteiger partial charge in [-0.1, -0.05) is 0 Å². The molecule has 1 fully saturated rings. The number of nitrogens with zero attached hydrogens (tertiary/aromatic N) is 1. The summed E-state index contributed by atoms with van der Waals surface area (Å²) >= 11 is 0. The first-order valence-corrected chi connectivity index (χ1v) is 5.66. The van der Waals surface area contributed by atoms with Crippen LogP contribution in [0.2, 0.25) is 0 Å². The second-order valence-corrected chi connectivity index (χ2v) is 4.42. The summed E-state index contributed by atoms with van der Waals surface area (Å²) in [5, 5.41) is 13.0. The van der Waals surface area contributed by atoms with Gasteiger partial charge in [-0.25, -0.2) is 4.79 Å². The first-order chi connectivity index (χ1) is 8.93. The van der Waals surface area contributed by atoms with Gasteiger partial charge in [0.25, 0.3) is 0 Å². The van der Waals surface area contributed by atoms with E-state index < -0.39 is 28.8 Å². The highest BCUT2D eigenvalue weighted by molar-refractivity contribution is 6.01. The Kier molecular flexibility index (Phi) is 3.24. The number of H-pyrrole nitrogens is 1. The molecule has 1 saturated carbocycles. The van der Waals surface area contributed by atoms with Gasteiger partial charge in [-0.2, -0.15) is 0 Å². The zero-order valence-electron chi connectivity index (χ0n) is 10.4. The number of hydrogen-bond acceptors (Lipinski definition) is 5. The molecule has 0 bridgehead atoms. The largest absolute Gasteiger partial charge is 0.464 e. The molecule has 2 rings (SSSR count). The Morgan fingerprint density at radius 3 is 2.79 bits per heavy atom. The Labute approximate surface area is 108 Å². The highest BCUT2D eigenvalue weighted by Crippen LogP contribution is 2.34. The molecule has 1 aliphatic rings. The fraction of sp³-hybridized carbons (Fsp3) is 0.455. The minimum absolute atomic E-state index is 0.131. The van der Waals surface area contributed by atoms with Gasteiger partial charge in [0.15, 0.2) is 0 Å². The van der Waals surface area contributed by atoms with Crippen LogP contribution in [0, 0.1) is 23.0 Å². The number of ether oxygens (including phenoxy) is 1. The van der Waals surface area contributed by atoms with Gasteiger partial charge in [-0.05, 0) is 13.0 Å². The summed E-state index contributed by atoms with van der Waals surface area (Å²) in [6.45, 7) is 1.72. The van der Waals surface area contributed by atoms with Crippen molar-refractivity contribution in [1.29, 1.82) is 0 Å². The van der Waals surface area contributed by atoms with Crippen LogP contribution < -0.4 is 5.32 Å². The van der Waals surface area contributed by atoms with Crippen LogP contribution in [0.3, 0.4) is 0 Å². The van der Waals surface area contributed by atoms with E-state index in [0.717, 1.165) is 0 Å². The zero-order chi connectivity index (χ0) is 14.2. The van der Waals surface area contributed by atoms with Crippen molar-refractivity contribution in [3.05, 3.63) is 27.6 Å². The molecule has 19 heavy (non-hydrogen) atoms. The Balaban J connectivity index is 2.09. The van der Waals surface area contributed by atoms with Gasteiger partial charge < -0.3 is 15.0 Å². The van der Waals surface area contributed by atoms with Crippen LogP contribution >= 0.6 is 0 Å². The molecular formula is C11H13N3O5. The topological polar surface area (TPSA) is 114 Å². The first kappa shape index (κ1) is 13.1. The van der Waals surface area contributed by atoms with E-state index in [2.05, 4.69) is 15.0 Å². The number of esters is 1. The van der Waals surface area contributed by atoms with Crippen LogP contribution in [0.4, 0.5) is 5.69 Å². The lowest BCUT2D eigenvalue weighted by Gasteiger charge is -2.04. The lowest BCUT2D eigenvalue weighted by molar-refractivity contribution is -0.497. The van der Waals surface area contributed by atoms with Crippen molar-refractivity contribution in [1.82, 2.24) is 4.98 Å². The standard InChI is InChI=1S/C11H13N3O5/c1-5-3-7(9(12-5)11(16)19-2)13-10(15)6-4-8(6)14(17)18/h3,6,8,12H,4H2,1-2H3,(H,13,15)/t6-,8-/m1/s1. The molecule has 0 aliphatic heterocycles. The fourth-order valence-electron chi connectivity index (χ4n) is 1.87. The second-order valence-electron chi connectivity index (χ2n) is 4.42. The zero-order valence-corrected chi connectivity index (χ0v) is 10.4. The van der Waals surface area contributed by atoms with Crippen molar-refractivity contribution >= 4 is 17.6 Å². The molecular weight excluding hydrogens is 254 g/mol. The molecule has 102 valence electrons. The Hall–Kier alpha value is -2.38. The smallest absolute Gasteiger partial charge is 0.356 e. The minimum Gasteiger partial charge on any atom is -0.464 e. The summed E-state index contributed by atoms with van der Waals surface area (Å²) in [6, 6.07) is 0.759.